The molecule has 2 aromatic carbocycles. The standard InChI is InChI=1S/C23H29N3O3/c1-3-4-5-8-14-24-22(28)23(29)26-20-13-7-6-12-19(20)21(27)25-16-18-11-9-10-17(2)15-18/h6-7,9-13,15H,3-5,8,14,16H2,1-2H3,(H,24,28)(H,25,27)(H,26,29). The Morgan fingerprint density at radius 1 is 0.862 bits per heavy atom. The molecule has 2 rings (SSSR count). The maximum atomic E-state index is 12.6. The van der Waals surface area contributed by atoms with E-state index in [1.54, 1.807) is 24.3 Å². The van der Waals surface area contributed by atoms with Crippen molar-refractivity contribution in [2.24, 2.45) is 0 Å². The molecule has 0 aliphatic carbocycles. The van der Waals surface area contributed by atoms with Gasteiger partial charge in [-0.1, -0.05) is 68.1 Å². The van der Waals surface area contributed by atoms with Crippen molar-refractivity contribution in [2.75, 3.05) is 11.9 Å². The second-order valence-electron chi connectivity index (χ2n) is 6.99. The van der Waals surface area contributed by atoms with Crippen molar-refractivity contribution in [1.82, 2.24) is 10.6 Å². The normalized spacial score (nSPS) is 10.3. The summed E-state index contributed by atoms with van der Waals surface area (Å²) >= 11 is 0. The van der Waals surface area contributed by atoms with E-state index in [0.29, 0.717) is 24.3 Å². The Bertz CT molecular complexity index is 849. The van der Waals surface area contributed by atoms with Crippen molar-refractivity contribution in [3.8, 4) is 0 Å². The molecule has 0 aromatic heterocycles. The van der Waals surface area contributed by atoms with Gasteiger partial charge in [0.1, 0.15) is 0 Å². The van der Waals surface area contributed by atoms with Crippen LogP contribution in [-0.4, -0.2) is 24.3 Å². The summed E-state index contributed by atoms with van der Waals surface area (Å²) in [4.78, 5) is 36.7. The highest BCUT2D eigenvalue weighted by Crippen LogP contribution is 2.15. The number of hydrogen-bond acceptors (Lipinski definition) is 3. The number of nitrogens with one attached hydrogen (secondary N) is 3. The molecule has 0 bridgehead atoms. The first-order chi connectivity index (χ1) is 14.0. The van der Waals surface area contributed by atoms with Crippen LogP contribution in [0.2, 0.25) is 0 Å². The summed E-state index contributed by atoms with van der Waals surface area (Å²) in [6.45, 7) is 4.94. The smallest absolute Gasteiger partial charge is 0.313 e. The fraction of sp³-hybridized carbons (Fsp3) is 0.348. The number of rotatable bonds is 9. The van der Waals surface area contributed by atoms with E-state index in [9.17, 15) is 14.4 Å². The predicted octanol–water partition coefficient (Wildman–Crippen LogP) is 3.56. The van der Waals surface area contributed by atoms with Gasteiger partial charge in [-0.25, -0.2) is 0 Å². The predicted molar refractivity (Wildman–Crippen MR) is 115 cm³/mol. The number of para-hydroxylation sites is 1. The lowest BCUT2D eigenvalue weighted by atomic mass is 10.1. The van der Waals surface area contributed by atoms with Crippen LogP contribution in [0.5, 0.6) is 0 Å². The number of unbranched alkanes of at least 4 members (excludes halogenated alkanes) is 3. The third kappa shape index (κ3) is 7.41. The largest absolute Gasteiger partial charge is 0.348 e. The molecule has 0 aliphatic rings. The lowest BCUT2D eigenvalue weighted by Crippen LogP contribution is -2.36. The van der Waals surface area contributed by atoms with Gasteiger partial charge in [-0.15, -0.1) is 0 Å². The third-order valence-electron chi connectivity index (χ3n) is 4.48. The average Bonchev–Trinajstić information content (AvgIpc) is 2.72. The molecule has 0 radical (unpaired) electrons. The Kier molecular flexibility index (Phi) is 8.89. The van der Waals surface area contributed by atoms with E-state index in [1.807, 2.05) is 31.2 Å². The molecule has 6 heteroatoms. The molecule has 0 spiro atoms. The average molecular weight is 396 g/mol. The topological polar surface area (TPSA) is 87.3 Å². The molecule has 6 nitrogen and oxygen atoms in total. The van der Waals surface area contributed by atoms with E-state index in [4.69, 9.17) is 0 Å². The van der Waals surface area contributed by atoms with Gasteiger partial charge in [0.2, 0.25) is 0 Å². The molecule has 3 amide bonds. The van der Waals surface area contributed by atoms with Crippen LogP contribution < -0.4 is 16.0 Å². The second kappa shape index (κ2) is 11.6. The Balaban J connectivity index is 1.92. The van der Waals surface area contributed by atoms with E-state index >= 15 is 0 Å². The summed E-state index contributed by atoms with van der Waals surface area (Å²) in [5, 5.41) is 8.00. The first kappa shape index (κ1) is 22.1. The lowest BCUT2D eigenvalue weighted by molar-refractivity contribution is -0.136. The highest BCUT2D eigenvalue weighted by atomic mass is 16.2. The number of hydrogen-bond donors (Lipinski definition) is 3. The molecule has 3 N–H and O–H groups in total. The van der Waals surface area contributed by atoms with Crippen molar-refractivity contribution in [3.05, 3.63) is 65.2 Å². The van der Waals surface area contributed by atoms with Crippen LogP contribution >= 0.6 is 0 Å². The van der Waals surface area contributed by atoms with Crippen molar-refractivity contribution in [3.63, 3.8) is 0 Å². The highest BCUT2D eigenvalue weighted by Gasteiger charge is 2.17. The number of carbonyl (C=O) groups is 3. The molecule has 0 saturated carbocycles. The maximum Gasteiger partial charge on any atom is 0.313 e. The van der Waals surface area contributed by atoms with E-state index in [-0.39, 0.29) is 5.91 Å². The zero-order valence-electron chi connectivity index (χ0n) is 17.1. The summed E-state index contributed by atoms with van der Waals surface area (Å²) < 4.78 is 0. The number of carbonyl (C=O) groups excluding carboxylic acids is 3. The van der Waals surface area contributed by atoms with Gasteiger partial charge in [0.05, 0.1) is 11.3 Å². The molecule has 0 atom stereocenters. The second-order valence-corrected chi connectivity index (χ2v) is 6.99. The SMILES string of the molecule is CCCCCCNC(=O)C(=O)Nc1ccccc1C(=O)NCc1cccc(C)c1. The van der Waals surface area contributed by atoms with E-state index in [1.165, 1.54) is 0 Å². The van der Waals surface area contributed by atoms with Gasteiger partial charge in [-0.2, -0.15) is 0 Å². The van der Waals surface area contributed by atoms with Crippen molar-refractivity contribution >= 4 is 23.4 Å². The van der Waals surface area contributed by atoms with Crippen molar-refractivity contribution in [1.29, 1.82) is 0 Å². The van der Waals surface area contributed by atoms with Crippen LogP contribution in [-0.2, 0) is 16.1 Å². The Morgan fingerprint density at radius 2 is 1.66 bits per heavy atom. The number of amides is 3. The molecular formula is C23H29N3O3. The van der Waals surface area contributed by atoms with Gasteiger partial charge in [0, 0.05) is 13.1 Å². The quantitative estimate of drug-likeness (QED) is 0.448. The lowest BCUT2D eigenvalue weighted by Gasteiger charge is -2.12. The Morgan fingerprint density at radius 3 is 2.41 bits per heavy atom. The van der Waals surface area contributed by atoms with Gasteiger partial charge >= 0.3 is 11.8 Å². The summed E-state index contributed by atoms with van der Waals surface area (Å²) in [6.07, 6.45) is 4.07. The van der Waals surface area contributed by atoms with Crippen LogP contribution in [0.1, 0.15) is 54.1 Å². The summed E-state index contributed by atoms with van der Waals surface area (Å²) in [6, 6.07) is 14.5. The zero-order chi connectivity index (χ0) is 21.1. The fourth-order valence-corrected chi connectivity index (χ4v) is 2.90. The molecule has 0 saturated heterocycles. The van der Waals surface area contributed by atoms with Gasteiger partial charge in [-0.3, -0.25) is 14.4 Å². The minimum atomic E-state index is -0.778. The summed E-state index contributed by atoms with van der Waals surface area (Å²) in [5.41, 5.74) is 2.72. The first-order valence-corrected chi connectivity index (χ1v) is 10.0. The Labute approximate surface area is 172 Å². The van der Waals surface area contributed by atoms with Gasteiger partial charge < -0.3 is 16.0 Å². The molecular weight excluding hydrogens is 366 g/mol. The monoisotopic (exact) mass is 395 g/mol. The molecule has 0 fully saturated rings. The van der Waals surface area contributed by atoms with Gasteiger partial charge in [0.25, 0.3) is 5.91 Å². The van der Waals surface area contributed by atoms with Crippen LogP contribution in [0.3, 0.4) is 0 Å². The molecule has 0 heterocycles. The molecule has 2 aromatic rings. The number of anilines is 1. The third-order valence-corrected chi connectivity index (χ3v) is 4.48. The summed E-state index contributed by atoms with van der Waals surface area (Å²) in [5.74, 6) is -1.79. The van der Waals surface area contributed by atoms with Crippen LogP contribution in [0.4, 0.5) is 5.69 Å². The van der Waals surface area contributed by atoms with Crippen LogP contribution in [0.25, 0.3) is 0 Å². The summed E-state index contributed by atoms with van der Waals surface area (Å²) in [7, 11) is 0. The van der Waals surface area contributed by atoms with Gasteiger partial charge in [0.15, 0.2) is 0 Å². The van der Waals surface area contributed by atoms with Crippen LogP contribution in [0, 0.1) is 6.92 Å². The van der Waals surface area contributed by atoms with Crippen molar-refractivity contribution < 1.29 is 14.4 Å². The van der Waals surface area contributed by atoms with E-state index in [0.717, 1.165) is 36.8 Å². The van der Waals surface area contributed by atoms with Crippen molar-refractivity contribution in [2.45, 2.75) is 46.1 Å². The molecule has 154 valence electrons. The van der Waals surface area contributed by atoms with E-state index < -0.39 is 11.8 Å². The van der Waals surface area contributed by atoms with Gasteiger partial charge in [-0.05, 0) is 31.0 Å². The first-order valence-electron chi connectivity index (χ1n) is 10.0. The molecule has 0 aliphatic heterocycles. The Hall–Kier alpha value is -3.15. The zero-order valence-corrected chi connectivity index (χ0v) is 17.1. The number of aryl methyl sites for hydroxylation is 1. The maximum absolute atomic E-state index is 12.6. The highest BCUT2D eigenvalue weighted by molar-refractivity contribution is 6.40. The molecule has 0 unspecified atom stereocenters. The van der Waals surface area contributed by atoms with Crippen LogP contribution in [0.15, 0.2) is 48.5 Å². The fourth-order valence-electron chi connectivity index (χ4n) is 2.90. The molecule has 29 heavy (non-hydrogen) atoms. The van der Waals surface area contributed by atoms with E-state index in [2.05, 4.69) is 22.9 Å². The minimum Gasteiger partial charge on any atom is -0.348 e. The number of benzene rings is 2. The minimum absolute atomic E-state index is 0.306.